The Morgan fingerprint density at radius 2 is 2.12 bits per heavy atom. The first-order chi connectivity index (χ1) is 7.63. The summed E-state index contributed by atoms with van der Waals surface area (Å²) >= 11 is 12.0. The van der Waals surface area contributed by atoms with Gasteiger partial charge in [0.25, 0.3) is 0 Å². The monoisotopic (exact) mass is 257 g/mol. The largest absolute Gasteiger partial charge is 0.313 e. The molecule has 0 unspecified atom stereocenters. The topological polar surface area (TPSA) is 12.0 Å². The van der Waals surface area contributed by atoms with Crippen molar-refractivity contribution in [2.24, 2.45) is 0 Å². The van der Waals surface area contributed by atoms with Crippen molar-refractivity contribution in [3.05, 3.63) is 39.4 Å². The molecule has 0 saturated carbocycles. The quantitative estimate of drug-likeness (QED) is 0.772. The van der Waals surface area contributed by atoms with Crippen molar-refractivity contribution < 1.29 is 0 Å². The van der Waals surface area contributed by atoms with Crippen LogP contribution in [0.1, 0.15) is 25.8 Å². The Morgan fingerprint density at radius 1 is 1.38 bits per heavy atom. The minimum atomic E-state index is 0.713. The molecule has 1 aromatic rings. The molecule has 16 heavy (non-hydrogen) atoms. The summed E-state index contributed by atoms with van der Waals surface area (Å²) in [6.07, 6.45) is 3.21. The van der Waals surface area contributed by atoms with Crippen LogP contribution in [0.5, 0.6) is 0 Å². The molecule has 0 aliphatic heterocycles. The van der Waals surface area contributed by atoms with Gasteiger partial charge in [-0.1, -0.05) is 41.8 Å². The fraction of sp³-hybridized carbons (Fsp3) is 0.385. The SMILES string of the molecule is CCCNC/C(C)=C/c1cc(Cl)ccc1Cl. The normalized spacial score (nSPS) is 11.9. The zero-order valence-electron chi connectivity index (χ0n) is 9.69. The van der Waals surface area contributed by atoms with Gasteiger partial charge in [0, 0.05) is 16.6 Å². The van der Waals surface area contributed by atoms with Crippen molar-refractivity contribution in [3.63, 3.8) is 0 Å². The van der Waals surface area contributed by atoms with Gasteiger partial charge in [-0.15, -0.1) is 0 Å². The predicted molar refractivity (Wildman–Crippen MR) is 73.3 cm³/mol. The van der Waals surface area contributed by atoms with Gasteiger partial charge in [0.1, 0.15) is 0 Å². The number of hydrogen-bond donors (Lipinski definition) is 1. The van der Waals surface area contributed by atoms with Crippen LogP contribution in [0, 0.1) is 0 Å². The third-order valence-corrected chi connectivity index (χ3v) is 2.77. The van der Waals surface area contributed by atoms with Crippen molar-refractivity contribution in [1.29, 1.82) is 0 Å². The highest BCUT2D eigenvalue weighted by molar-refractivity contribution is 6.34. The van der Waals surface area contributed by atoms with Crippen molar-refractivity contribution in [2.45, 2.75) is 20.3 Å². The van der Waals surface area contributed by atoms with Crippen molar-refractivity contribution >= 4 is 29.3 Å². The molecule has 0 spiro atoms. The molecule has 0 atom stereocenters. The Bertz CT molecular complexity index is 372. The maximum Gasteiger partial charge on any atom is 0.0479 e. The summed E-state index contributed by atoms with van der Waals surface area (Å²) in [6.45, 7) is 6.16. The summed E-state index contributed by atoms with van der Waals surface area (Å²) in [6, 6.07) is 5.50. The van der Waals surface area contributed by atoms with E-state index in [1.807, 2.05) is 12.1 Å². The van der Waals surface area contributed by atoms with Crippen LogP contribution in [-0.4, -0.2) is 13.1 Å². The van der Waals surface area contributed by atoms with Gasteiger partial charge in [0.15, 0.2) is 0 Å². The highest BCUT2D eigenvalue weighted by atomic mass is 35.5. The predicted octanol–water partition coefficient (Wildman–Crippen LogP) is 4.40. The molecule has 88 valence electrons. The maximum absolute atomic E-state index is 6.08. The Hall–Kier alpha value is -0.500. The second kappa shape index (κ2) is 6.95. The van der Waals surface area contributed by atoms with E-state index < -0.39 is 0 Å². The summed E-state index contributed by atoms with van der Waals surface area (Å²) in [7, 11) is 0. The number of rotatable bonds is 5. The van der Waals surface area contributed by atoms with E-state index in [-0.39, 0.29) is 0 Å². The molecule has 1 nitrogen and oxygen atoms in total. The summed E-state index contributed by atoms with van der Waals surface area (Å²) < 4.78 is 0. The Balaban J connectivity index is 2.69. The molecule has 1 N–H and O–H groups in total. The van der Waals surface area contributed by atoms with E-state index in [0.717, 1.165) is 30.1 Å². The highest BCUT2D eigenvalue weighted by Crippen LogP contribution is 2.22. The molecule has 1 rings (SSSR count). The molecule has 0 aromatic heterocycles. The summed E-state index contributed by atoms with van der Waals surface area (Å²) in [5.41, 5.74) is 2.22. The van der Waals surface area contributed by atoms with Gasteiger partial charge in [-0.25, -0.2) is 0 Å². The molecular formula is C13H17Cl2N. The van der Waals surface area contributed by atoms with Gasteiger partial charge in [-0.05, 0) is 43.7 Å². The first-order valence-corrected chi connectivity index (χ1v) is 6.22. The van der Waals surface area contributed by atoms with E-state index >= 15 is 0 Å². The van der Waals surface area contributed by atoms with Gasteiger partial charge < -0.3 is 5.32 Å². The molecule has 0 radical (unpaired) electrons. The van der Waals surface area contributed by atoms with E-state index in [1.165, 1.54) is 5.57 Å². The van der Waals surface area contributed by atoms with Gasteiger partial charge in [0.2, 0.25) is 0 Å². The fourth-order valence-corrected chi connectivity index (χ4v) is 1.76. The summed E-state index contributed by atoms with van der Waals surface area (Å²) in [5, 5.41) is 4.79. The molecule has 0 amide bonds. The number of benzene rings is 1. The second-order valence-corrected chi connectivity index (χ2v) is 4.68. The molecule has 0 bridgehead atoms. The average Bonchev–Trinajstić information content (AvgIpc) is 2.24. The van der Waals surface area contributed by atoms with Gasteiger partial charge >= 0.3 is 0 Å². The summed E-state index contributed by atoms with van der Waals surface area (Å²) in [4.78, 5) is 0. The van der Waals surface area contributed by atoms with Crippen molar-refractivity contribution in [3.8, 4) is 0 Å². The van der Waals surface area contributed by atoms with Crippen molar-refractivity contribution in [2.75, 3.05) is 13.1 Å². The van der Waals surface area contributed by atoms with Crippen LogP contribution in [0.25, 0.3) is 6.08 Å². The lowest BCUT2D eigenvalue weighted by atomic mass is 10.1. The standard InChI is InChI=1S/C13H17Cl2N/c1-3-6-16-9-10(2)7-11-8-12(14)4-5-13(11)15/h4-5,7-8,16H,3,6,9H2,1-2H3/b10-7+. The van der Waals surface area contributed by atoms with Gasteiger partial charge in [0.05, 0.1) is 0 Å². The number of halogens is 2. The number of nitrogens with one attached hydrogen (secondary N) is 1. The van der Waals surface area contributed by atoms with Crippen LogP contribution < -0.4 is 5.32 Å². The van der Waals surface area contributed by atoms with Crippen LogP contribution in [0.15, 0.2) is 23.8 Å². The average molecular weight is 258 g/mol. The first-order valence-electron chi connectivity index (χ1n) is 5.46. The lowest BCUT2D eigenvalue weighted by Crippen LogP contribution is -2.16. The zero-order valence-corrected chi connectivity index (χ0v) is 11.2. The third kappa shape index (κ3) is 4.56. The highest BCUT2D eigenvalue weighted by Gasteiger charge is 1.99. The van der Waals surface area contributed by atoms with Gasteiger partial charge in [-0.2, -0.15) is 0 Å². The van der Waals surface area contributed by atoms with E-state index in [1.54, 1.807) is 6.07 Å². The van der Waals surface area contributed by atoms with Gasteiger partial charge in [-0.3, -0.25) is 0 Å². The lowest BCUT2D eigenvalue weighted by molar-refractivity contribution is 0.715. The van der Waals surface area contributed by atoms with E-state index in [4.69, 9.17) is 23.2 Å². The Kier molecular flexibility index (Phi) is 5.89. The summed E-state index contributed by atoms with van der Waals surface area (Å²) in [5.74, 6) is 0. The molecule has 3 heteroatoms. The minimum absolute atomic E-state index is 0.713. The first kappa shape index (κ1) is 13.6. The minimum Gasteiger partial charge on any atom is -0.313 e. The van der Waals surface area contributed by atoms with E-state index in [9.17, 15) is 0 Å². The molecule has 1 aromatic carbocycles. The van der Waals surface area contributed by atoms with E-state index in [2.05, 4.69) is 25.2 Å². The molecule has 0 saturated heterocycles. The molecule has 0 fully saturated rings. The Labute approximate surface area is 107 Å². The molecule has 0 heterocycles. The third-order valence-electron chi connectivity index (χ3n) is 2.19. The maximum atomic E-state index is 6.08. The number of hydrogen-bond acceptors (Lipinski definition) is 1. The zero-order chi connectivity index (χ0) is 12.0. The fourth-order valence-electron chi connectivity index (χ4n) is 1.40. The molecule has 0 aliphatic carbocycles. The second-order valence-electron chi connectivity index (χ2n) is 3.83. The van der Waals surface area contributed by atoms with Crippen molar-refractivity contribution in [1.82, 2.24) is 5.32 Å². The Morgan fingerprint density at radius 3 is 2.81 bits per heavy atom. The molecule has 0 aliphatic rings. The van der Waals surface area contributed by atoms with Crippen LogP contribution in [0.4, 0.5) is 0 Å². The van der Waals surface area contributed by atoms with E-state index in [0.29, 0.717) is 5.02 Å². The molecular weight excluding hydrogens is 241 g/mol. The van der Waals surface area contributed by atoms with Crippen LogP contribution in [-0.2, 0) is 0 Å². The van der Waals surface area contributed by atoms with Crippen LogP contribution in [0.3, 0.4) is 0 Å². The smallest absolute Gasteiger partial charge is 0.0479 e. The van der Waals surface area contributed by atoms with Crippen LogP contribution >= 0.6 is 23.2 Å². The lowest BCUT2D eigenvalue weighted by Gasteiger charge is -2.05. The van der Waals surface area contributed by atoms with Crippen LogP contribution in [0.2, 0.25) is 10.0 Å².